The number of hydrogen-bond acceptors (Lipinski definition) is 3. The molecule has 4 heterocycles. The van der Waals surface area contributed by atoms with E-state index in [0.717, 1.165) is 38.6 Å². The van der Waals surface area contributed by atoms with Crippen molar-refractivity contribution in [1.82, 2.24) is 14.1 Å². The van der Waals surface area contributed by atoms with Crippen molar-refractivity contribution in [2.45, 2.75) is 26.2 Å². The smallest absolute Gasteiger partial charge is 0.269 e. The summed E-state index contributed by atoms with van der Waals surface area (Å²) in [6, 6.07) is 30.9. The molecule has 15 aromatic rings. The van der Waals surface area contributed by atoms with E-state index < -0.39 is 149 Å². The first-order chi connectivity index (χ1) is 48.7. The average molecular weight is 1100 g/mol. The van der Waals surface area contributed by atoms with Crippen LogP contribution in [-0.2, 0) is 5.41 Å². The number of rotatable bonds is 11. The predicted octanol–water partition coefficient (Wildman–Crippen LogP) is 15.9. The molecule has 0 amide bonds. The number of benzene rings is 11. The lowest BCUT2D eigenvalue weighted by atomic mass is 9.88. The van der Waals surface area contributed by atoms with Crippen molar-refractivity contribution in [3.05, 3.63) is 297 Å². The molecule has 0 bridgehead atoms. The second kappa shape index (κ2) is 20.0. The Kier molecular flexibility index (Phi) is 8.06. The number of furan rings is 1. The first-order valence-electron chi connectivity index (χ1n) is 36.3. The third-order valence-electron chi connectivity index (χ3n) is 15.2. The van der Waals surface area contributed by atoms with Gasteiger partial charge >= 0.3 is 0 Å². The summed E-state index contributed by atoms with van der Waals surface area (Å²) in [7, 11) is -6.25. The van der Waals surface area contributed by atoms with Gasteiger partial charge in [0.15, 0.2) is 8.07 Å². The SMILES string of the molecule is [2H]c1c([2H])c([2H])c([Si](c2c([2H])c([2H])c([2H])c([2H])c2[2H])(c2c([2H])c([2H])c([2H])c([2H])c2[2H])c2c([2H])c([2H])c([2H])c(-c3cccc(-c4cccc5c4oc4ccccc45)c3-[n+]3[c-]n(-c4cccc(Oc5ccc6c7ccccc7n(-c7cc(C(C)(C)C)ccn7)c6c5)c4)c4ccccc43)c2[2H])c([2H])c1[2H]. The van der Waals surface area contributed by atoms with Crippen molar-refractivity contribution < 1.29 is 39.8 Å². The summed E-state index contributed by atoms with van der Waals surface area (Å²) in [6.45, 7) is 6.47. The second-order valence-corrected chi connectivity index (χ2v) is 24.5. The second-order valence-electron chi connectivity index (χ2n) is 21.0. The van der Waals surface area contributed by atoms with Crippen LogP contribution in [0.2, 0.25) is 0 Å². The van der Waals surface area contributed by atoms with E-state index in [4.69, 9.17) is 18.3 Å². The lowest BCUT2D eigenvalue weighted by molar-refractivity contribution is -0.571. The fourth-order valence-corrected chi connectivity index (χ4v) is 15.0. The fourth-order valence-electron chi connectivity index (χ4n) is 11.4. The van der Waals surface area contributed by atoms with Gasteiger partial charge in [0.05, 0.1) is 59.5 Å². The third-order valence-corrected chi connectivity index (χ3v) is 19.2. The highest BCUT2D eigenvalue weighted by Crippen LogP contribution is 2.41. The predicted molar refractivity (Wildman–Crippen MR) is 343 cm³/mol. The first-order valence-corrected chi connectivity index (χ1v) is 28.8. The summed E-state index contributed by atoms with van der Waals surface area (Å²) < 4.78 is 201. The van der Waals surface area contributed by atoms with Gasteiger partial charge < -0.3 is 9.15 Å². The minimum Gasteiger partial charge on any atom is -0.458 e. The van der Waals surface area contributed by atoms with Crippen LogP contribution in [0.1, 0.15) is 52.4 Å². The van der Waals surface area contributed by atoms with Gasteiger partial charge in [0.1, 0.15) is 28.5 Å². The van der Waals surface area contributed by atoms with Crippen LogP contribution in [-0.4, -0.2) is 22.2 Å². The van der Waals surface area contributed by atoms with Gasteiger partial charge in [-0.25, -0.2) is 4.98 Å². The van der Waals surface area contributed by atoms with Crippen molar-refractivity contribution in [3.8, 4) is 50.9 Å². The molecule has 0 fully saturated rings. The van der Waals surface area contributed by atoms with Crippen LogP contribution in [0.5, 0.6) is 11.5 Å². The van der Waals surface area contributed by atoms with Crippen molar-refractivity contribution >= 4 is 83.6 Å². The number of aromatic nitrogens is 4. The largest absolute Gasteiger partial charge is 0.458 e. The molecule has 83 heavy (non-hydrogen) atoms. The monoisotopic (exact) mass is 1100 g/mol. The zero-order valence-corrected chi connectivity index (χ0v) is 45.8. The number of pyridine rings is 1. The molecule has 0 unspecified atom stereocenters. The number of nitrogens with zero attached hydrogens (tertiary/aromatic N) is 4. The Balaban J connectivity index is 1.02. The van der Waals surface area contributed by atoms with Gasteiger partial charge in [0, 0.05) is 39.4 Å². The first kappa shape index (κ1) is 33.4. The topological polar surface area (TPSA) is 49.0 Å². The zero-order valence-electron chi connectivity index (χ0n) is 63.8. The number of para-hydroxylation sites is 6. The van der Waals surface area contributed by atoms with Crippen LogP contribution in [0.25, 0.3) is 94.2 Å². The number of hydrogen-bond donors (Lipinski definition) is 0. The Hall–Kier alpha value is -10.3. The standard InChI is InChI=1S/C76H56N4O2Si/c1-76(2,3)53-45-46-77-73(48-53)80-68-39-15-13-33-62(68)63-44-43-56(50-71(63)80)81-55-25-20-24-54(49-55)78-51-79(70-41-17-16-40-69(70)78)74-61(35-21-36-65(74)67-38-22-37-66-64-34-14-18-42-72(64)82-75(66)67)52-23-19-32-60(47-52)83(57-26-7-4-8-27-57,58-28-9-5-10-29-58)59-30-11-6-12-31-59/h4-50H,1-3H3/i4D,5D,6D,7D,8D,9D,10D,11D,12D,19D,23D,26D,27D,28D,29D,30D,31D,32D,47D. The van der Waals surface area contributed by atoms with E-state index >= 15 is 0 Å². The number of imidazole rings is 1. The quantitative estimate of drug-likeness (QED) is 0.0561. The van der Waals surface area contributed by atoms with Crippen LogP contribution in [0.4, 0.5) is 0 Å². The molecule has 0 saturated heterocycles. The molecule has 0 aliphatic heterocycles. The number of ether oxygens (including phenoxy) is 1. The van der Waals surface area contributed by atoms with Gasteiger partial charge in [0.2, 0.25) is 0 Å². The summed E-state index contributed by atoms with van der Waals surface area (Å²) in [4.78, 5) is 4.86. The van der Waals surface area contributed by atoms with E-state index in [1.807, 2.05) is 128 Å². The Morgan fingerprint density at radius 3 is 1.89 bits per heavy atom. The summed E-state index contributed by atoms with van der Waals surface area (Å²) in [6.07, 6.45) is 5.41. The van der Waals surface area contributed by atoms with Gasteiger partial charge in [-0.2, -0.15) is 0 Å². The van der Waals surface area contributed by atoms with Gasteiger partial charge in [0.25, 0.3) is 6.33 Å². The highest BCUT2D eigenvalue weighted by Gasteiger charge is 2.41. The minimum absolute atomic E-state index is 0.0502. The molecule has 0 spiro atoms. The molecule has 396 valence electrons. The van der Waals surface area contributed by atoms with E-state index in [1.165, 1.54) is 6.07 Å². The maximum Gasteiger partial charge on any atom is 0.269 e. The summed E-state index contributed by atoms with van der Waals surface area (Å²) in [5.41, 5.74) is 5.78. The van der Waals surface area contributed by atoms with E-state index in [2.05, 4.69) is 49.9 Å². The Bertz CT molecular complexity index is 5890. The summed E-state index contributed by atoms with van der Waals surface area (Å²) >= 11 is 0. The Morgan fingerprint density at radius 2 is 1.13 bits per heavy atom. The number of fused-ring (bicyclic) bond motifs is 7. The molecule has 7 heteroatoms. The van der Waals surface area contributed by atoms with Crippen LogP contribution in [0.15, 0.2) is 289 Å². The van der Waals surface area contributed by atoms with Crippen molar-refractivity contribution in [2.24, 2.45) is 0 Å². The molecule has 15 rings (SSSR count). The van der Waals surface area contributed by atoms with Crippen LogP contribution < -0.4 is 30.1 Å². The molecule has 0 atom stereocenters. The van der Waals surface area contributed by atoms with E-state index in [0.29, 0.717) is 55.9 Å². The maximum absolute atomic E-state index is 10.9. The van der Waals surface area contributed by atoms with Crippen molar-refractivity contribution in [2.75, 3.05) is 0 Å². The third kappa shape index (κ3) is 8.38. The maximum atomic E-state index is 10.9. The van der Waals surface area contributed by atoms with Gasteiger partial charge in [-0.15, -0.1) is 0 Å². The Morgan fingerprint density at radius 1 is 0.518 bits per heavy atom. The normalized spacial score (nSPS) is 15.2. The van der Waals surface area contributed by atoms with Crippen molar-refractivity contribution in [3.63, 3.8) is 0 Å². The Labute approximate surface area is 509 Å². The van der Waals surface area contributed by atoms with E-state index in [-0.39, 0.29) is 16.7 Å². The average Bonchev–Trinajstić information content (AvgIpc) is 0.906. The molecular formula is C76H56N4O2Si. The van der Waals surface area contributed by atoms with Crippen LogP contribution >= 0.6 is 0 Å². The van der Waals surface area contributed by atoms with Gasteiger partial charge in [-0.1, -0.05) is 239 Å². The fraction of sp³-hybridized carbons (Fsp3) is 0.0526. The highest BCUT2D eigenvalue weighted by molar-refractivity contribution is 7.19. The van der Waals surface area contributed by atoms with Crippen LogP contribution in [0.3, 0.4) is 0 Å². The molecule has 0 saturated carbocycles. The lowest BCUT2D eigenvalue weighted by Crippen LogP contribution is -2.74. The molecular weight excluding hydrogens is 1030 g/mol. The summed E-state index contributed by atoms with van der Waals surface area (Å²) in [5, 5.41) is -0.261. The van der Waals surface area contributed by atoms with Gasteiger partial charge in [-0.05, 0) is 103 Å². The molecule has 0 aliphatic rings. The highest BCUT2D eigenvalue weighted by atomic mass is 28.3. The van der Waals surface area contributed by atoms with E-state index in [9.17, 15) is 21.9 Å². The molecule has 0 aliphatic carbocycles. The molecule has 6 nitrogen and oxygen atoms in total. The van der Waals surface area contributed by atoms with Gasteiger partial charge in [-0.3, -0.25) is 13.7 Å². The molecule has 4 aromatic heterocycles. The van der Waals surface area contributed by atoms with Crippen molar-refractivity contribution in [1.29, 1.82) is 0 Å². The zero-order chi connectivity index (χ0) is 72.2. The summed E-state index contributed by atoms with van der Waals surface area (Å²) in [5.74, 6) is 1.70. The lowest BCUT2D eigenvalue weighted by Gasteiger charge is -2.34. The molecule has 11 aromatic carbocycles. The molecule has 0 N–H and O–H groups in total. The minimum atomic E-state index is -6.25. The van der Waals surface area contributed by atoms with E-state index in [1.54, 1.807) is 27.3 Å². The molecule has 0 radical (unpaired) electrons. The van der Waals surface area contributed by atoms with Crippen LogP contribution in [0, 0.1) is 6.33 Å².